The Kier molecular flexibility index (Phi) is 4.63. The zero-order valence-corrected chi connectivity index (χ0v) is 11.4. The molecule has 1 aliphatic rings. The van der Waals surface area contributed by atoms with Gasteiger partial charge < -0.3 is 20.1 Å². The standard InChI is InChI=1S/C14H20N2O3/c1-18-11-5-6-13(19-2)12(8-11)16-14(17)10-4-3-7-15-9-10/h5-6,8,10,15H,3-4,7,9H2,1-2H3,(H,16,17). The summed E-state index contributed by atoms with van der Waals surface area (Å²) in [7, 11) is 3.18. The lowest BCUT2D eigenvalue weighted by Crippen LogP contribution is -2.37. The van der Waals surface area contributed by atoms with Crippen LogP contribution in [0.15, 0.2) is 18.2 Å². The van der Waals surface area contributed by atoms with Gasteiger partial charge in [-0.05, 0) is 31.5 Å². The molecule has 1 aromatic rings. The molecule has 5 heteroatoms. The van der Waals surface area contributed by atoms with Gasteiger partial charge in [0.05, 0.1) is 25.8 Å². The first kappa shape index (κ1) is 13.7. The van der Waals surface area contributed by atoms with E-state index in [1.807, 2.05) is 0 Å². The fraction of sp³-hybridized carbons (Fsp3) is 0.500. The Balaban J connectivity index is 2.10. The lowest BCUT2D eigenvalue weighted by molar-refractivity contribution is -0.120. The molecule has 2 rings (SSSR count). The highest BCUT2D eigenvalue weighted by Gasteiger charge is 2.21. The zero-order valence-electron chi connectivity index (χ0n) is 11.4. The average Bonchev–Trinajstić information content (AvgIpc) is 2.48. The number of nitrogens with one attached hydrogen (secondary N) is 2. The van der Waals surface area contributed by atoms with E-state index in [9.17, 15) is 4.79 Å². The third-order valence-corrected chi connectivity index (χ3v) is 3.33. The van der Waals surface area contributed by atoms with Crippen molar-refractivity contribution in [3.63, 3.8) is 0 Å². The monoisotopic (exact) mass is 264 g/mol. The van der Waals surface area contributed by atoms with Gasteiger partial charge in [0, 0.05) is 12.6 Å². The molecule has 1 fully saturated rings. The third kappa shape index (κ3) is 3.38. The maximum absolute atomic E-state index is 12.2. The molecule has 1 unspecified atom stereocenters. The molecule has 0 saturated carbocycles. The summed E-state index contributed by atoms with van der Waals surface area (Å²) in [6.45, 7) is 1.73. The van der Waals surface area contributed by atoms with Crippen LogP contribution in [-0.2, 0) is 4.79 Å². The first-order chi connectivity index (χ1) is 9.24. The van der Waals surface area contributed by atoms with Crippen molar-refractivity contribution in [1.82, 2.24) is 5.32 Å². The Hall–Kier alpha value is -1.75. The molecule has 5 nitrogen and oxygen atoms in total. The van der Waals surface area contributed by atoms with Crippen molar-refractivity contribution < 1.29 is 14.3 Å². The van der Waals surface area contributed by atoms with Gasteiger partial charge in [0.1, 0.15) is 11.5 Å². The molecule has 0 aromatic heterocycles. The van der Waals surface area contributed by atoms with E-state index in [0.717, 1.165) is 25.9 Å². The van der Waals surface area contributed by atoms with Crippen molar-refractivity contribution in [2.24, 2.45) is 5.92 Å². The Bertz CT molecular complexity index is 442. The minimum atomic E-state index is 0.0182. The van der Waals surface area contributed by atoms with Crippen molar-refractivity contribution >= 4 is 11.6 Å². The first-order valence-corrected chi connectivity index (χ1v) is 6.48. The predicted octanol–water partition coefficient (Wildman–Crippen LogP) is 1.64. The van der Waals surface area contributed by atoms with Crippen molar-refractivity contribution in [3.05, 3.63) is 18.2 Å². The highest BCUT2D eigenvalue weighted by atomic mass is 16.5. The number of carbonyl (C=O) groups is 1. The van der Waals surface area contributed by atoms with E-state index in [4.69, 9.17) is 9.47 Å². The van der Waals surface area contributed by atoms with Crippen molar-refractivity contribution in [3.8, 4) is 11.5 Å². The molecule has 0 bridgehead atoms. The number of methoxy groups -OCH3 is 2. The molecule has 1 aliphatic heterocycles. The van der Waals surface area contributed by atoms with Gasteiger partial charge in [0.15, 0.2) is 0 Å². The van der Waals surface area contributed by atoms with Crippen molar-refractivity contribution in [1.29, 1.82) is 0 Å². The molecule has 0 radical (unpaired) electrons. The van der Waals surface area contributed by atoms with Crippen molar-refractivity contribution in [2.45, 2.75) is 12.8 Å². The van der Waals surface area contributed by atoms with Crippen LogP contribution in [-0.4, -0.2) is 33.2 Å². The van der Waals surface area contributed by atoms with E-state index in [2.05, 4.69) is 10.6 Å². The van der Waals surface area contributed by atoms with Crippen LogP contribution >= 0.6 is 0 Å². The number of hydrogen-bond donors (Lipinski definition) is 2. The lowest BCUT2D eigenvalue weighted by atomic mass is 9.99. The van der Waals surface area contributed by atoms with Crippen LogP contribution in [0.5, 0.6) is 11.5 Å². The molecular weight excluding hydrogens is 244 g/mol. The van der Waals surface area contributed by atoms with Crippen LogP contribution in [0.2, 0.25) is 0 Å². The van der Waals surface area contributed by atoms with Gasteiger partial charge in [-0.2, -0.15) is 0 Å². The van der Waals surface area contributed by atoms with Gasteiger partial charge >= 0.3 is 0 Å². The molecule has 0 spiro atoms. The second-order valence-electron chi connectivity index (χ2n) is 4.60. The van der Waals surface area contributed by atoms with Gasteiger partial charge in [0.2, 0.25) is 5.91 Å². The summed E-state index contributed by atoms with van der Waals surface area (Å²) in [6, 6.07) is 5.36. The number of ether oxygens (including phenoxy) is 2. The number of hydrogen-bond acceptors (Lipinski definition) is 4. The molecule has 1 amide bonds. The Labute approximate surface area is 113 Å². The molecule has 2 N–H and O–H groups in total. The second-order valence-corrected chi connectivity index (χ2v) is 4.60. The van der Waals surface area contributed by atoms with Gasteiger partial charge in [-0.15, -0.1) is 0 Å². The summed E-state index contributed by atoms with van der Waals surface area (Å²) in [4.78, 5) is 12.2. The van der Waals surface area contributed by atoms with E-state index >= 15 is 0 Å². The smallest absolute Gasteiger partial charge is 0.228 e. The number of carbonyl (C=O) groups excluding carboxylic acids is 1. The van der Waals surface area contributed by atoms with Gasteiger partial charge in [0.25, 0.3) is 0 Å². The average molecular weight is 264 g/mol. The fourth-order valence-corrected chi connectivity index (χ4v) is 2.22. The second kappa shape index (κ2) is 6.43. The first-order valence-electron chi connectivity index (χ1n) is 6.48. The maximum atomic E-state index is 12.2. The SMILES string of the molecule is COc1ccc(OC)c(NC(=O)C2CCCNC2)c1. The normalized spacial score (nSPS) is 18.7. The zero-order chi connectivity index (χ0) is 13.7. The van der Waals surface area contributed by atoms with E-state index in [0.29, 0.717) is 17.2 Å². The molecular formula is C14H20N2O3. The topological polar surface area (TPSA) is 59.6 Å². The molecule has 1 atom stereocenters. The molecule has 0 aliphatic carbocycles. The number of rotatable bonds is 4. The lowest BCUT2D eigenvalue weighted by Gasteiger charge is -2.22. The minimum Gasteiger partial charge on any atom is -0.497 e. The van der Waals surface area contributed by atoms with Gasteiger partial charge in [-0.3, -0.25) is 4.79 Å². The summed E-state index contributed by atoms with van der Waals surface area (Å²) in [5.41, 5.74) is 0.650. The molecule has 1 heterocycles. The van der Waals surface area contributed by atoms with E-state index in [1.165, 1.54) is 0 Å². The van der Waals surface area contributed by atoms with Crippen LogP contribution in [0.3, 0.4) is 0 Å². The summed E-state index contributed by atoms with van der Waals surface area (Å²) in [5, 5.41) is 6.16. The number of anilines is 1. The highest BCUT2D eigenvalue weighted by Crippen LogP contribution is 2.29. The Morgan fingerprint density at radius 2 is 2.21 bits per heavy atom. The third-order valence-electron chi connectivity index (χ3n) is 3.33. The summed E-state index contributed by atoms with van der Waals surface area (Å²) in [6.07, 6.45) is 1.96. The summed E-state index contributed by atoms with van der Waals surface area (Å²) >= 11 is 0. The van der Waals surface area contributed by atoms with E-state index < -0.39 is 0 Å². The van der Waals surface area contributed by atoms with E-state index in [1.54, 1.807) is 32.4 Å². The number of piperidine rings is 1. The minimum absolute atomic E-state index is 0.0182. The van der Waals surface area contributed by atoms with Crippen LogP contribution in [0.25, 0.3) is 0 Å². The fourth-order valence-electron chi connectivity index (χ4n) is 2.22. The van der Waals surface area contributed by atoms with Crippen LogP contribution in [0.1, 0.15) is 12.8 Å². The van der Waals surface area contributed by atoms with Crippen LogP contribution < -0.4 is 20.1 Å². The number of amides is 1. The quantitative estimate of drug-likeness (QED) is 0.868. The molecule has 19 heavy (non-hydrogen) atoms. The van der Waals surface area contributed by atoms with E-state index in [-0.39, 0.29) is 11.8 Å². The van der Waals surface area contributed by atoms with Gasteiger partial charge in [-0.1, -0.05) is 0 Å². The number of benzene rings is 1. The molecule has 1 aromatic carbocycles. The van der Waals surface area contributed by atoms with Crippen LogP contribution in [0, 0.1) is 5.92 Å². The Morgan fingerprint density at radius 3 is 2.84 bits per heavy atom. The van der Waals surface area contributed by atoms with Gasteiger partial charge in [-0.25, -0.2) is 0 Å². The predicted molar refractivity (Wildman–Crippen MR) is 73.8 cm³/mol. The summed E-state index contributed by atoms with van der Waals surface area (Å²) in [5.74, 6) is 1.37. The summed E-state index contributed by atoms with van der Waals surface area (Å²) < 4.78 is 10.4. The molecule has 104 valence electrons. The maximum Gasteiger partial charge on any atom is 0.228 e. The van der Waals surface area contributed by atoms with Crippen LogP contribution in [0.4, 0.5) is 5.69 Å². The highest BCUT2D eigenvalue weighted by molar-refractivity contribution is 5.94. The Morgan fingerprint density at radius 1 is 1.37 bits per heavy atom. The van der Waals surface area contributed by atoms with Crippen molar-refractivity contribution in [2.75, 3.05) is 32.6 Å². The molecule has 1 saturated heterocycles. The largest absolute Gasteiger partial charge is 0.497 e.